The first-order chi connectivity index (χ1) is 14.9. The number of rotatable bonds is 8. The standard InChI is InChI=1S/C22H24N6O2S/c1-14(29)26-22-28-18(12-9-15-7-10-17(11-8-15)27-21(23)24)19(31-22)20(30)25-13-16-5-3-2-4-6-16/h2-8,10-11H,9,12-13H2,1H3,(H,25,30)(H4,23,24,27)(H,26,28,29). The zero-order valence-corrected chi connectivity index (χ0v) is 17.9. The van der Waals surface area contributed by atoms with Crippen molar-refractivity contribution >= 4 is 39.9 Å². The number of aromatic nitrogens is 1. The lowest BCUT2D eigenvalue weighted by Crippen LogP contribution is -2.23. The number of amides is 2. The molecule has 0 aliphatic carbocycles. The number of guanidine groups is 1. The molecule has 0 saturated heterocycles. The fraction of sp³-hybridized carbons (Fsp3) is 0.182. The van der Waals surface area contributed by atoms with Crippen molar-refractivity contribution in [3.63, 3.8) is 0 Å². The summed E-state index contributed by atoms with van der Waals surface area (Å²) in [5.74, 6) is -0.435. The highest BCUT2D eigenvalue weighted by Crippen LogP contribution is 2.25. The Morgan fingerprint density at radius 1 is 1.00 bits per heavy atom. The van der Waals surface area contributed by atoms with Crippen molar-refractivity contribution in [2.45, 2.75) is 26.3 Å². The van der Waals surface area contributed by atoms with Gasteiger partial charge in [-0.3, -0.25) is 9.59 Å². The molecule has 0 bridgehead atoms. The van der Waals surface area contributed by atoms with Crippen LogP contribution in [0.15, 0.2) is 59.6 Å². The Kier molecular flexibility index (Phi) is 7.34. The fourth-order valence-corrected chi connectivity index (χ4v) is 3.88. The number of nitrogens with two attached hydrogens (primary N) is 2. The van der Waals surface area contributed by atoms with Gasteiger partial charge < -0.3 is 22.1 Å². The van der Waals surface area contributed by atoms with Crippen LogP contribution >= 0.6 is 11.3 Å². The van der Waals surface area contributed by atoms with Crippen LogP contribution in [0.4, 0.5) is 10.8 Å². The van der Waals surface area contributed by atoms with Crippen LogP contribution in [-0.2, 0) is 24.2 Å². The normalized spacial score (nSPS) is 10.4. The van der Waals surface area contributed by atoms with Crippen molar-refractivity contribution in [2.24, 2.45) is 16.5 Å². The Balaban J connectivity index is 1.71. The minimum Gasteiger partial charge on any atom is -0.370 e. The van der Waals surface area contributed by atoms with E-state index in [4.69, 9.17) is 11.5 Å². The van der Waals surface area contributed by atoms with Gasteiger partial charge in [0.15, 0.2) is 11.1 Å². The molecule has 31 heavy (non-hydrogen) atoms. The second-order valence-electron chi connectivity index (χ2n) is 6.85. The lowest BCUT2D eigenvalue weighted by molar-refractivity contribution is -0.114. The van der Waals surface area contributed by atoms with Crippen LogP contribution in [0.5, 0.6) is 0 Å². The summed E-state index contributed by atoms with van der Waals surface area (Å²) in [5.41, 5.74) is 14.2. The first-order valence-corrected chi connectivity index (χ1v) is 10.5. The maximum absolute atomic E-state index is 12.8. The van der Waals surface area contributed by atoms with Crippen LogP contribution in [0.2, 0.25) is 0 Å². The van der Waals surface area contributed by atoms with E-state index in [-0.39, 0.29) is 17.8 Å². The summed E-state index contributed by atoms with van der Waals surface area (Å²) in [6.07, 6.45) is 1.22. The van der Waals surface area contributed by atoms with E-state index in [1.165, 1.54) is 18.3 Å². The van der Waals surface area contributed by atoms with E-state index in [1.54, 1.807) is 0 Å². The van der Waals surface area contributed by atoms with Crippen molar-refractivity contribution in [3.05, 3.63) is 76.3 Å². The van der Waals surface area contributed by atoms with Crippen LogP contribution in [0.3, 0.4) is 0 Å². The second-order valence-corrected chi connectivity index (χ2v) is 7.85. The molecule has 2 aromatic carbocycles. The lowest BCUT2D eigenvalue weighted by atomic mass is 10.1. The molecule has 0 unspecified atom stereocenters. The molecule has 1 heterocycles. The van der Waals surface area contributed by atoms with E-state index in [1.807, 2.05) is 54.6 Å². The number of nitrogens with one attached hydrogen (secondary N) is 2. The van der Waals surface area contributed by atoms with Gasteiger partial charge in [-0.1, -0.05) is 53.8 Å². The van der Waals surface area contributed by atoms with Gasteiger partial charge >= 0.3 is 0 Å². The van der Waals surface area contributed by atoms with E-state index in [9.17, 15) is 9.59 Å². The van der Waals surface area contributed by atoms with Gasteiger partial charge in [0.05, 0.1) is 11.4 Å². The van der Waals surface area contributed by atoms with Gasteiger partial charge in [-0.25, -0.2) is 9.98 Å². The average Bonchev–Trinajstić information content (AvgIpc) is 3.14. The average molecular weight is 437 g/mol. The highest BCUT2D eigenvalue weighted by Gasteiger charge is 2.18. The van der Waals surface area contributed by atoms with Crippen molar-refractivity contribution in [1.29, 1.82) is 0 Å². The molecule has 0 saturated carbocycles. The minimum absolute atomic E-state index is 0.00637. The number of benzene rings is 2. The fourth-order valence-electron chi connectivity index (χ4n) is 2.91. The SMILES string of the molecule is CC(=O)Nc1nc(CCc2ccc(N=C(N)N)cc2)c(C(=O)NCc2ccccc2)s1. The van der Waals surface area contributed by atoms with E-state index < -0.39 is 0 Å². The third kappa shape index (κ3) is 6.65. The van der Waals surface area contributed by atoms with Crippen LogP contribution < -0.4 is 22.1 Å². The maximum atomic E-state index is 12.8. The zero-order valence-electron chi connectivity index (χ0n) is 17.1. The predicted molar refractivity (Wildman–Crippen MR) is 123 cm³/mol. The smallest absolute Gasteiger partial charge is 0.263 e. The summed E-state index contributed by atoms with van der Waals surface area (Å²) in [6, 6.07) is 17.2. The van der Waals surface area contributed by atoms with Crippen LogP contribution in [-0.4, -0.2) is 22.8 Å². The van der Waals surface area contributed by atoms with Gasteiger partial charge in [0.1, 0.15) is 4.88 Å². The van der Waals surface area contributed by atoms with Crippen LogP contribution in [0, 0.1) is 0 Å². The molecule has 3 rings (SSSR count). The second kappa shape index (κ2) is 10.4. The highest BCUT2D eigenvalue weighted by molar-refractivity contribution is 7.17. The number of aliphatic imine (C=N–C) groups is 1. The van der Waals surface area contributed by atoms with E-state index >= 15 is 0 Å². The van der Waals surface area contributed by atoms with Crippen molar-refractivity contribution in [2.75, 3.05) is 5.32 Å². The summed E-state index contributed by atoms with van der Waals surface area (Å²) in [7, 11) is 0. The highest BCUT2D eigenvalue weighted by atomic mass is 32.1. The number of carbonyl (C=O) groups is 2. The Morgan fingerprint density at radius 2 is 1.71 bits per heavy atom. The molecule has 3 aromatic rings. The van der Waals surface area contributed by atoms with E-state index in [0.29, 0.717) is 40.8 Å². The third-order valence-electron chi connectivity index (χ3n) is 4.33. The van der Waals surface area contributed by atoms with Gasteiger partial charge in [0, 0.05) is 13.5 Å². The predicted octanol–water partition coefficient (Wildman–Crippen LogP) is 2.72. The van der Waals surface area contributed by atoms with Gasteiger partial charge in [0.2, 0.25) is 5.91 Å². The van der Waals surface area contributed by atoms with Crippen molar-refractivity contribution in [1.82, 2.24) is 10.3 Å². The summed E-state index contributed by atoms with van der Waals surface area (Å²) in [4.78, 5) is 33.2. The number of carbonyl (C=O) groups excluding carboxylic acids is 2. The molecule has 0 radical (unpaired) electrons. The number of hydrogen-bond acceptors (Lipinski definition) is 5. The minimum atomic E-state index is -0.230. The number of thiazole rings is 1. The van der Waals surface area contributed by atoms with Gasteiger partial charge in [-0.2, -0.15) is 0 Å². The quantitative estimate of drug-likeness (QED) is 0.318. The summed E-state index contributed by atoms with van der Waals surface area (Å²) >= 11 is 1.17. The Hall–Kier alpha value is -3.72. The molecule has 2 amide bonds. The Bertz CT molecular complexity index is 1070. The number of aryl methyl sites for hydroxylation is 2. The van der Waals surface area contributed by atoms with Gasteiger partial charge in [0.25, 0.3) is 5.91 Å². The molecular weight excluding hydrogens is 412 g/mol. The maximum Gasteiger partial charge on any atom is 0.263 e. The van der Waals surface area contributed by atoms with E-state index in [0.717, 1.165) is 11.1 Å². The Labute approximate surface area is 184 Å². The summed E-state index contributed by atoms with van der Waals surface area (Å²) < 4.78 is 0. The molecule has 160 valence electrons. The molecule has 6 N–H and O–H groups in total. The molecule has 9 heteroatoms. The number of anilines is 1. The van der Waals surface area contributed by atoms with E-state index in [2.05, 4.69) is 20.6 Å². The molecule has 0 aliphatic rings. The van der Waals surface area contributed by atoms with Crippen molar-refractivity contribution < 1.29 is 9.59 Å². The number of nitrogens with zero attached hydrogens (tertiary/aromatic N) is 2. The molecule has 0 atom stereocenters. The Morgan fingerprint density at radius 3 is 2.35 bits per heavy atom. The third-order valence-corrected chi connectivity index (χ3v) is 5.34. The summed E-state index contributed by atoms with van der Waals surface area (Å²) in [6.45, 7) is 1.83. The van der Waals surface area contributed by atoms with Gasteiger partial charge in [-0.05, 0) is 36.1 Å². The largest absolute Gasteiger partial charge is 0.370 e. The molecule has 0 aliphatic heterocycles. The first kappa shape index (κ1) is 22.0. The molecular formula is C22H24N6O2S. The van der Waals surface area contributed by atoms with Gasteiger partial charge in [-0.15, -0.1) is 0 Å². The molecule has 0 spiro atoms. The molecule has 8 nitrogen and oxygen atoms in total. The molecule has 1 aromatic heterocycles. The summed E-state index contributed by atoms with van der Waals surface area (Å²) in [5, 5.41) is 6.01. The monoisotopic (exact) mass is 436 g/mol. The van der Waals surface area contributed by atoms with Crippen molar-refractivity contribution in [3.8, 4) is 0 Å². The topological polar surface area (TPSA) is 135 Å². The first-order valence-electron chi connectivity index (χ1n) is 9.68. The van der Waals surface area contributed by atoms with Crippen LogP contribution in [0.25, 0.3) is 0 Å². The number of hydrogen-bond donors (Lipinski definition) is 4. The zero-order chi connectivity index (χ0) is 22.2. The van der Waals surface area contributed by atoms with Crippen LogP contribution in [0.1, 0.15) is 33.4 Å². The lowest BCUT2D eigenvalue weighted by Gasteiger charge is -2.06. The molecule has 0 fully saturated rings.